The van der Waals surface area contributed by atoms with Gasteiger partial charge in [0.15, 0.2) is 0 Å². The van der Waals surface area contributed by atoms with Crippen molar-refractivity contribution in [1.29, 1.82) is 0 Å². The highest BCUT2D eigenvalue weighted by molar-refractivity contribution is 7.89. The molecule has 0 spiro atoms. The van der Waals surface area contributed by atoms with E-state index in [1.165, 1.54) is 12.1 Å². The summed E-state index contributed by atoms with van der Waals surface area (Å²) >= 11 is 0. The van der Waals surface area contributed by atoms with E-state index in [0.29, 0.717) is 6.42 Å². The summed E-state index contributed by atoms with van der Waals surface area (Å²) in [6, 6.07) is 5.91. The first kappa shape index (κ1) is 25.3. The van der Waals surface area contributed by atoms with Crippen molar-refractivity contribution in [2.45, 2.75) is 83.2 Å². The molecule has 2 atom stereocenters. The number of aryl methyl sites for hydroxylation is 1. The van der Waals surface area contributed by atoms with Crippen molar-refractivity contribution < 1.29 is 18.0 Å². The largest absolute Gasteiger partial charge is 0.354 e. The molecule has 0 radical (unpaired) electrons. The number of nitrogens with zero attached hydrogens (tertiary/aromatic N) is 1. The van der Waals surface area contributed by atoms with Crippen LogP contribution in [0.25, 0.3) is 0 Å². The molecule has 174 valence electrons. The summed E-state index contributed by atoms with van der Waals surface area (Å²) < 4.78 is 28.0. The van der Waals surface area contributed by atoms with Crippen LogP contribution in [-0.2, 0) is 19.6 Å². The molecule has 2 amide bonds. The highest BCUT2D eigenvalue weighted by Gasteiger charge is 2.28. The van der Waals surface area contributed by atoms with Gasteiger partial charge in [-0.25, -0.2) is 8.42 Å². The Morgan fingerprint density at radius 2 is 1.84 bits per heavy atom. The summed E-state index contributed by atoms with van der Waals surface area (Å²) in [4.78, 5) is 27.4. The third kappa shape index (κ3) is 7.61. The van der Waals surface area contributed by atoms with Gasteiger partial charge in [-0.05, 0) is 57.1 Å². The van der Waals surface area contributed by atoms with Crippen LogP contribution >= 0.6 is 0 Å². The normalized spacial score (nSPS) is 18.1. The molecule has 2 rings (SSSR count). The smallest absolute Gasteiger partial charge is 0.241 e. The number of carbonyl (C=O) groups is 2. The van der Waals surface area contributed by atoms with E-state index in [0.717, 1.165) is 37.8 Å². The van der Waals surface area contributed by atoms with Crippen LogP contribution in [0.3, 0.4) is 0 Å². The van der Waals surface area contributed by atoms with Gasteiger partial charge in [-0.15, -0.1) is 0 Å². The van der Waals surface area contributed by atoms with Crippen LogP contribution in [0.15, 0.2) is 29.2 Å². The van der Waals surface area contributed by atoms with Crippen molar-refractivity contribution in [1.82, 2.24) is 14.9 Å². The molecule has 1 aliphatic rings. The van der Waals surface area contributed by atoms with Gasteiger partial charge in [-0.3, -0.25) is 9.59 Å². The van der Waals surface area contributed by atoms with E-state index >= 15 is 0 Å². The molecule has 0 saturated carbocycles. The van der Waals surface area contributed by atoms with Crippen LogP contribution in [0.4, 0.5) is 0 Å². The second-order valence-corrected chi connectivity index (χ2v) is 10.5. The zero-order valence-electron chi connectivity index (χ0n) is 19.2. The maximum Gasteiger partial charge on any atom is 0.241 e. The van der Waals surface area contributed by atoms with Crippen molar-refractivity contribution in [2.24, 2.45) is 5.92 Å². The molecule has 2 N–H and O–H groups in total. The Kier molecular flexibility index (Phi) is 9.50. The average Bonchev–Trinajstić information content (AvgIpc) is 2.72. The van der Waals surface area contributed by atoms with Crippen LogP contribution < -0.4 is 10.0 Å². The SMILES string of the molecule is CCC1CCCCN1C(=O)CCNC(=O)C(CC(C)C)NS(=O)(=O)c1ccc(C)cc1. The fourth-order valence-corrected chi connectivity index (χ4v) is 5.17. The molecule has 31 heavy (non-hydrogen) atoms. The Hall–Kier alpha value is -1.93. The number of piperidine rings is 1. The molecular formula is C23H37N3O4S. The maximum absolute atomic E-state index is 12.8. The standard InChI is InChI=1S/C23H37N3O4S/c1-5-19-8-6-7-15-26(19)22(27)13-14-24-23(28)21(16-17(2)3)25-31(29,30)20-11-9-18(4)10-12-20/h9-12,17,19,21,25H,5-8,13-16H2,1-4H3,(H,24,28). The second kappa shape index (κ2) is 11.6. The van der Waals surface area contributed by atoms with Crippen molar-refractivity contribution in [3.05, 3.63) is 29.8 Å². The third-order valence-corrected chi connectivity index (χ3v) is 7.20. The molecule has 8 heteroatoms. The molecule has 1 aliphatic heterocycles. The first-order chi connectivity index (χ1) is 14.6. The van der Waals surface area contributed by atoms with Gasteiger partial charge in [0.05, 0.1) is 4.90 Å². The van der Waals surface area contributed by atoms with Crippen molar-refractivity contribution in [3.8, 4) is 0 Å². The summed E-state index contributed by atoms with van der Waals surface area (Å²) in [7, 11) is -3.82. The van der Waals surface area contributed by atoms with Gasteiger partial charge >= 0.3 is 0 Å². The lowest BCUT2D eigenvalue weighted by molar-refractivity contribution is -0.135. The predicted octanol–water partition coefficient (Wildman–Crippen LogP) is 2.99. The van der Waals surface area contributed by atoms with Crippen LogP contribution in [0.1, 0.15) is 64.9 Å². The molecule has 0 aliphatic carbocycles. The van der Waals surface area contributed by atoms with Gasteiger partial charge in [0.2, 0.25) is 21.8 Å². The summed E-state index contributed by atoms with van der Waals surface area (Å²) in [5.41, 5.74) is 0.958. The lowest BCUT2D eigenvalue weighted by Crippen LogP contribution is -2.48. The number of carbonyl (C=O) groups excluding carboxylic acids is 2. The number of hydrogen-bond donors (Lipinski definition) is 2. The number of hydrogen-bond acceptors (Lipinski definition) is 4. The number of likely N-dealkylation sites (tertiary alicyclic amines) is 1. The van der Waals surface area contributed by atoms with E-state index in [1.54, 1.807) is 12.1 Å². The van der Waals surface area contributed by atoms with Crippen LogP contribution in [0.2, 0.25) is 0 Å². The van der Waals surface area contributed by atoms with E-state index in [-0.39, 0.29) is 35.7 Å². The summed E-state index contributed by atoms with van der Waals surface area (Å²) in [5.74, 6) is -0.230. The van der Waals surface area contributed by atoms with Gasteiger partial charge < -0.3 is 10.2 Å². The molecule has 1 saturated heterocycles. The second-order valence-electron chi connectivity index (χ2n) is 8.80. The minimum absolute atomic E-state index is 0.0486. The molecule has 0 bridgehead atoms. The van der Waals surface area contributed by atoms with Gasteiger partial charge in [0.1, 0.15) is 6.04 Å². The van der Waals surface area contributed by atoms with Gasteiger partial charge in [-0.2, -0.15) is 4.72 Å². The topological polar surface area (TPSA) is 95.6 Å². The quantitative estimate of drug-likeness (QED) is 0.572. The van der Waals surface area contributed by atoms with E-state index in [2.05, 4.69) is 17.0 Å². The number of nitrogens with one attached hydrogen (secondary N) is 2. The van der Waals surface area contributed by atoms with E-state index in [1.807, 2.05) is 25.7 Å². The van der Waals surface area contributed by atoms with Crippen molar-refractivity contribution in [3.63, 3.8) is 0 Å². The molecule has 7 nitrogen and oxygen atoms in total. The number of rotatable bonds is 10. The Labute approximate surface area is 187 Å². The first-order valence-electron chi connectivity index (χ1n) is 11.3. The van der Waals surface area contributed by atoms with E-state index in [9.17, 15) is 18.0 Å². The minimum Gasteiger partial charge on any atom is -0.354 e. The predicted molar refractivity (Wildman–Crippen MR) is 122 cm³/mol. The summed E-state index contributed by atoms with van der Waals surface area (Å²) in [6.07, 6.45) is 4.74. The van der Waals surface area contributed by atoms with Crippen molar-refractivity contribution >= 4 is 21.8 Å². The first-order valence-corrected chi connectivity index (χ1v) is 12.8. The van der Waals surface area contributed by atoms with Gasteiger partial charge in [0.25, 0.3) is 0 Å². The number of sulfonamides is 1. The lowest BCUT2D eigenvalue weighted by atomic mass is 9.99. The zero-order chi connectivity index (χ0) is 23.0. The molecule has 1 aromatic rings. The van der Waals surface area contributed by atoms with Crippen molar-refractivity contribution in [2.75, 3.05) is 13.1 Å². The maximum atomic E-state index is 12.8. The Balaban J connectivity index is 1.96. The molecular weight excluding hydrogens is 414 g/mol. The van der Waals surface area contributed by atoms with Crippen LogP contribution in [0, 0.1) is 12.8 Å². The van der Waals surface area contributed by atoms with Crippen LogP contribution in [-0.4, -0.2) is 50.3 Å². The Bertz CT molecular complexity index is 837. The molecule has 1 fully saturated rings. The minimum atomic E-state index is -3.82. The Morgan fingerprint density at radius 1 is 1.16 bits per heavy atom. The molecule has 0 aromatic heterocycles. The summed E-state index contributed by atoms with van der Waals surface area (Å²) in [5, 5.41) is 2.76. The van der Waals surface area contributed by atoms with E-state index in [4.69, 9.17) is 0 Å². The average molecular weight is 452 g/mol. The number of amides is 2. The molecule has 2 unspecified atom stereocenters. The lowest BCUT2D eigenvalue weighted by Gasteiger charge is -2.35. The Morgan fingerprint density at radius 3 is 2.45 bits per heavy atom. The highest BCUT2D eigenvalue weighted by atomic mass is 32.2. The summed E-state index contributed by atoms with van der Waals surface area (Å²) in [6.45, 7) is 8.82. The molecule has 1 aromatic carbocycles. The van der Waals surface area contributed by atoms with E-state index < -0.39 is 22.0 Å². The van der Waals surface area contributed by atoms with Gasteiger partial charge in [-0.1, -0.05) is 38.5 Å². The van der Waals surface area contributed by atoms with Crippen LogP contribution in [0.5, 0.6) is 0 Å². The zero-order valence-corrected chi connectivity index (χ0v) is 20.0. The fraction of sp³-hybridized carbons (Fsp3) is 0.652. The fourth-order valence-electron chi connectivity index (χ4n) is 3.97. The molecule has 1 heterocycles. The number of benzene rings is 1. The van der Waals surface area contributed by atoms with Gasteiger partial charge in [0, 0.05) is 25.6 Å². The highest BCUT2D eigenvalue weighted by Crippen LogP contribution is 2.20. The monoisotopic (exact) mass is 451 g/mol. The third-order valence-electron chi connectivity index (χ3n) is 5.71.